The molecule has 0 aliphatic carbocycles. The highest BCUT2D eigenvalue weighted by molar-refractivity contribution is 5.89. The van der Waals surface area contributed by atoms with E-state index >= 15 is 0 Å². The molecule has 1 heterocycles. The summed E-state index contributed by atoms with van der Waals surface area (Å²) in [5.74, 6) is -0.769. The molecule has 28 heavy (non-hydrogen) atoms. The van der Waals surface area contributed by atoms with Crippen LogP contribution in [0, 0.1) is 0 Å². The second kappa shape index (κ2) is 10.4. The molecule has 1 aromatic rings. The van der Waals surface area contributed by atoms with Gasteiger partial charge >= 0.3 is 12.1 Å². The fourth-order valence-electron chi connectivity index (χ4n) is 2.48. The van der Waals surface area contributed by atoms with Crippen LogP contribution in [0.4, 0.5) is 13.2 Å². The fraction of sp³-hybridized carbons (Fsp3) is 0.579. The monoisotopic (exact) mass is 404 g/mol. The van der Waals surface area contributed by atoms with Crippen molar-refractivity contribution < 1.29 is 32.2 Å². The first-order valence-electron chi connectivity index (χ1n) is 8.81. The standard InChI is InChI=1S/C14H17F3N2O2.C5H10O2/c1-21-13(20)10-2-3-11(12(8-10)14(15,16)17)9-19-6-4-18-5-7-19;1-5(2,3)7-4-6/h2-3,8,18H,4-7,9H2,1H3;4H,1-3H3. The molecular weight excluding hydrogens is 377 g/mol. The van der Waals surface area contributed by atoms with Crippen molar-refractivity contribution in [2.75, 3.05) is 33.3 Å². The summed E-state index contributed by atoms with van der Waals surface area (Å²) in [5.41, 5.74) is -1.00. The van der Waals surface area contributed by atoms with Crippen LogP contribution >= 0.6 is 0 Å². The number of methoxy groups -OCH3 is 1. The van der Waals surface area contributed by atoms with E-state index in [0.29, 0.717) is 19.6 Å². The van der Waals surface area contributed by atoms with Gasteiger partial charge in [-0.25, -0.2) is 4.79 Å². The molecule has 1 aromatic carbocycles. The molecule has 1 saturated heterocycles. The molecule has 0 bridgehead atoms. The molecule has 6 nitrogen and oxygen atoms in total. The van der Waals surface area contributed by atoms with Crippen LogP contribution < -0.4 is 5.32 Å². The predicted octanol–water partition coefficient (Wildman–Crippen LogP) is 2.86. The molecule has 2 rings (SSSR count). The van der Waals surface area contributed by atoms with Crippen LogP contribution in [0.2, 0.25) is 0 Å². The van der Waals surface area contributed by atoms with Gasteiger partial charge in [0, 0.05) is 32.7 Å². The van der Waals surface area contributed by atoms with Crippen molar-refractivity contribution in [3.63, 3.8) is 0 Å². The Kier molecular flexibility index (Phi) is 8.90. The smallest absolute Gasteiger partial charge is 0.416 e. The highest BCUT2D eigenvalue weighted by Crippen LogP contribution is 2.33. The first-order chi connectivity index (χ1) is 13.0. The Labute approximate surface area is 163 Å². The molecule has 9 heteroatoms. The molecule has 0 atom stereocenters. The molecule has 0 saturated carbocycles. The van der Waals surface area contributed by atoms with Crippen LogP contribution in [0.1, 0.15) is 42.3 Å². The third kappa shape index (κ3) is 8.26. The van der Waals surface area contributed by atoms with E-state index in [-0.39, 0.29) is 23.3 Å². The Morgan fingerprint density at radius 1 is 1.21 bits per heavy atom. The van der Waals surface area contributed by atoms with Gasteiger partial charge in [0.25, 0.3) is 6.47 Å². The summed E-state index contributed by atoms with van der Waals surface area (Å²) < 4.78 is 48.5. The largest absolute Gasteiger partial charge is 0.465 e. The number of halogens is 3. The topological polar surface area (TPSA) is 67.9 Å². The van der Waals surface area contributed by atoms with E-state index < -0.39 is 17.7 Å². The van der Waals surface area contributed by atoms with Crippen molar-refractivity contribution in [1.29, 1.82) is 0 Å². The lowest BCUT2D eigenvalue weighted by molar-refractivity contribution is -0.139. The van der Waals surface area contributed by atoms with E-state index in [2.05, 4.69) is 14.8 Å². The second-order valence-electron chi connectivity index (χ2n) is 7.21. The number of rotatable bonds is 4. The van der Waals surface area contributed by atoms with Crippen molar-refractivity contribution in [2.24, 2.45) is 0 Å². The third-order valence-corrected chi connectivity index (χ3v) is 3.84. The van der Waals surface area contributed by atoms with Gasteiger partial charge in [-0.3, -0.25) is 9.69 Å². The van der Waals surface area contributed by atoms with Crippen LogP contribution in [0.25, 0.3) is 0 Å². The van der Waals surface area contributed by atoms with Crippen molar-refractivity contribution in [2.45, 2.75) is 39.1 Å². The lowest BCUT2D eigenvalue weighted by Gasteiger charge is -2.28. The lowest BCUT2D eigenvalue weighted by Crippen LogP contribution is -2.43. The first-order valence-corrected chi connectivity index (χ1v) is 8.81. The van der Waals surface area contributed by atoms with Gasteiger partial charge in [-0.05, 0) is 38.5 Å². The number of ether oxygens (including phenoxy) is 2. The minimum atomic E-state index is -4.49. The van der Waals surface area contributed by atoms with Crippen molar-refractivity contribution >= 4 is 12.4 Å². The molecule has 0 radical (unpaired) electrons. The SMILES string of the molecule is CC(C)(C)OC=O.COC(=O)c1ccc(CN2CCNCC2)c(C(F)(F)F)c1. The average molecular weight is 404 g/mol. The molecule has 158 valence electrons. The predicted molar refractivity (Wildman–Crippen MR) is 97.8 cm³/mol. The number of piperazine rings is 1. The number of nitrogens with zero attached hydrogens (tertiary/aromatic N) is 1. The van der Waals surface area contributed by atoms with Gasteiger partial charge in [-0.1, -0.05) is 6.07 Å². The average Bonchev–Trinajstić information content (AvgIpc) is 2.61. The molecular formula is C19H27F3N2O4. The first kappa shape index (κ1) is 23.9. The molecule has 1 aliphatic heterocycles. The minimum absolute atomic E-state index is 0.0890. The Morgan fingerprint density at radius 3 is 2.25 bits per heavy atom. The van der Waals surface area contributed by atoms with Crippen molar-refractivity contribution in [3.8, 4) is 0 Å². The molecule has 0 unspecified atom stereocenters. The van der Waals surface area contributed by atoms with Crippen LogP contribution in [-0.4, -0.2) is 56.2 Å². The van der Waals surface area contributed by atoms with E-state index in [0.717, 1.165) is 26.3 Å². The van der Waals surface area contributed by atoms with Gasteiger partial charge in [0.15, 0.2) is 0 Å². The van der Waals surface area contributed by atoms with Gasteiger partial charge in [0.2, 0.25) is 0 Å². The molecule has 1 N–H and O–H groups in total. The molecule has 0 amide bonds. The van der Waals surface area contributed by atoms with E-state index in [9.17, 15) is 22.8 Å². The van der Waals surface area contributed by atoms with Crippen molar-refractivity contribution in [1.82, 2.24) is 10.2 Å². The highest BCUT2D eigenvalue weighted by atomic mass is 19.4. The van der Waals surface area contributed by atoms with Crippen molar-refractivity contribution in [3.05, 3.63) is 34.9 Å². The van der Waals surface area contributed by atoms with Gasteiger partial charge in [0.1, 0.15) is 5.60 Å². The second-order valence-corrected chi connectivity index (χ2v) is 7.21. The molecule has 1 fully saturated rings. The number of hydrogen-bond donors (Lipinski definition) is 1. The minimum Gasteiger partial charge on any atom is -0.465 e. The van der Waals surface area contributed by atoms with Gasteiger partial charge in [-0.2, -0.15) is 13.2 Å². The van der Waals surface area contributed by atoms with E-state index in [1.807, 2.05) is 25.7 Å². The summed E-state index contributed by atoms with van der Waals surface area (Å²) in [6.07, 6.45) is -4.49. The number of carbonyl (C=O) groups is 2. The number of alkyl halides is 3. The maximum Gasteiger partial charge on any atom is 0.416 e. The maximum absolute atomic E-state index is 13.2. The lowest BCUT2D eigenvalue weighted by atomic mass is 10.0. The number of nitrogens with one attached hydrogen (secondary N) is 1. The summed E-state index contributed by atoms with van der Waals surface area (Å²) in [6, 6.07) is 3.60. The number of benzene rings is 1. The van der Waals surface area contributed by atoms with Gasteiger partial charge < -0.3 is 14.8 Å². The normalized spacial score (nSPS) is 15.2. The Bertz CT molecular complexity index is 652. The zero-order valence-corrected chi connectivity index (χ0v) is 16.6. The summed E-state index contributed by atoms with van der Waals surface area (Å²) in [5, 5.41) is 3.15. The summed E-state index contributed by atoms with van der Waals surface area (Å²) in [6.45, 7) is 9.08. The van der Waals surface area contributed by atoms with E-state index in [1.54, 1.807) is 0 Å². The van der Waals surface area contributed by atoms with Gasteiger partial charge in [-0.15, -0.1) is 0 Å². The zero-order valence-electron chi connectivity index (χ0n) is 16.6. The summed E-state index contributed by atoms with van der Waals surface area (Å²) >= 11 is 0. The number of hydrogen-bond acceptors (Lipinski definition) is 6. The summed E-state index contributed by atoms with van der Waals surface area (Å²) in [7, 11) is 1.14. The van der Waals surface area contributed by atoms with Crippen LogP contribution in [0.15, 0.2) is 18.2 Å². The van der Waals surface area contributed by atoms with Gasteiger partial charge in [0.05, 0.1) is 18.2 Å². The van der Waals surface area contributed by atoms with E-state index in [1.165, 1.54) is 12.1 Å². The molecule has 0 aromatic heterocycles. The Balaban J connectivity index is 0.000000480. The molecule has 1 aliphatic rings. The van der Waals surface area contributed by atoms with Crippen LogP contribution in [0.5, 0.6) is 0 Å². The van der Waals surface area contributed by atoms with Crippen LogP contribution in [0.3, 0.4) is 0 Å². The number of esters is 1. The number of carbonyl (C=O) groups excluding carboxylic acids is 2. The Morgan fingerprint density at radius 2 is 1.82 bits per heavy atom. The quantitative estimate of drug-likeness (QED) is 0.615. The summed E-state index contributed by atoms with van der Waals surface area (Å²) in [4.78, 5) is 22.9. The van der Waals surface area contributed by atoms with E-state index in [4.69, 9.17) is 0 Å². The highest BCUT2D eigenvalue weighted by Gasteiger charge is 2.34. The van der Waals surface area contributed by atoms with Crippen LogP contribution in [-0.2, 0) is 27.0 Å². The Hall–Kier alpha value is -2.13. The fourth-order valence-corrected chi connectivity index (χ4v) is 2.48. The molecule has 0 spiro atoms. The zero-order chi connectivity index (χ0) is 21.4. The maximum atomic E-state index is 13.2. The third-order valence-electron chi connectivity index (χ3n) is 3.84.